The molecule has 1 saturated heterocycles. The summed E-state index contributed by atoms with van der Waals surface area (Å²) < 4.78 is 40.0. The van der Waals surface area contributed by atoms with E-state index in [0.717, 1.165) is 34.5 Å². The number of nitrogens with one attached hydrogen (secondary N) is 1. The second-order valence-electron chi connectivity index (χ2n) is 10.1. The van der Waals surface area contributed by atoms with Gasteiger partial charge >= 0.3 is 12.2 Å². The van der Waals surface area contributed by atoms with E-state index in [1.165, 1.54) is 39.8 Å². The number of hydrogen-bond donors (Lipinski definition) is 1. The van der Waals surface area contributed by atoms with Crippen molar-refractivity contribution in [3.8, 4) is 17.1 Å². The van der Waals surface area contributed by atoms with E-state index in [2.05, 4.69) is 20.4 Å². The van der Waals surface area contributed by atoms with E-state index >= 15 is 0 Å². The fourth-order valence-electron chi connectivity index (χ4n) is 4.51. The van der Waals surface area contributed by atoms with Crippen LogP contribution in [0.3, 0.4) is 0 Å². The molecule has 8 nitrogen and oxygen atoms in total. The van der Waals surface area contributed by atoms with Crippen molar-refractivity contribution < 1.29 is 22.8 Å². The highest BCUT2D eigenvalue weighted by atomic mass is 32.2. The van der Waals surface area contributed by atoms with Crippen LogP contribution in [-0.2, 0) is 11.0 Å². The lowest BCUT2D eigenvalue weighted by atomic mass is 9.99. The summed E-state index contributed by atoms with van der Waals surface area (Å²) in [6, 6.07) is 15.2. The third kappa shape index (κ3) is 6.08. The van der Waals surface area contributed by atoms with Crippen molar-refractivity contribution in [3.05, 3.63) is 89.2 Å². The molecule has 0 saturated carbocycles. The first-order valence-electron chi connectivity index (χ1n) is 13.1. The number of amides is 3. The largest absolute Gasteiger partial charge is 0.416 e. The van der Waals surface area contributed by atoms with Gasteiger partial charge in [-0.1, -0.05) is 37.7 Å². The van der Waals surface area contributed by atoms with Gasteiger partial charge in [-0.25, -0.2) is 14.5 Å². The lowest BCUT2D eigenvalue weighted by molar-refractivity contribution is -0.137. The van der Waals surface area contributed by atoms with Gasteiger partial charge in [0.1, 0.15) is 6.33 Å². The van der Waals surface area contributed by atoms with E-state index < -0.39 is 17.8 Å². The third-order valence-electron chi connectivity index (χ3n) is 6.69. The van der Waals surface area contributed by atoms with Gasteiger partial charge < -0.3 is 5.32 Å². The third-order valence-corrected chi connectivity index (χ3v) is 7.61. The SMILES string of the molecule is Cc1ccc(C(C)C)c(N2C(=O)CS/C2=N\C(=O)Nc2ccc(-c3ncn(-c4ccc(C(F)(F)F)cc4)n3)cc2C)c1. The highest BCUT2D eigenvalue weighted by molar-refractivity contribution is 8.15. The number of urea groups is 1. The highest BCUT2D eigenvalue weighted by Crippen LogP contribution is 2.34. The van der Waals surface area contributed by atoms with E-state index in [1.54, 1.807) is 25.1 Å². The molecule has 216 valence electrons. The first-order chi connectivity index (χ1) is 19.9. The molecule has 1 aromatic heterocycles. The fraction of sp³-hybridized carbons (Fsp3) is 0.233. The van der Waals surface area contributed by atoms with Crippen LogP contribution in [0, 0.1) is 13.8 Å². The number of aromatic nitrogens is 3. The Bertz CT molecular complexity index is 1700. The molecule has 3 amide bonds. The minimum absolute atomic E-state index is 0.136. The molecule has 2 heterocycles. The predicted octanol–water partition coefficient (Wildman–Crippen LogP) is 7.36. The minimum atomic E-state index is -4.42. The zero-order valence-corrected chi connectivity index (χ0v) is 24.0. The summed E-state index contributed by atoms with van der Waals surface area (Å²) in [5, 5.41) is 7.49. The monoisotopic (exact) mass is 592 g/mol. The molecule has 3 aromatic carbocycles. The van der Waals surface area contributed by atoms with E-state index in [1.807, 2.05) is 39.0 Å². The Labute approximate surface area is 244 Å². The van der Waals surface area contributed by atoms with Crippen LogP contribution in [0.15, 0.2) is 72.0 Å². The summed E-state index contributed by atoms with van der Waals surface area (Å²) in [6.07, 6.45) is -3.00. The van der Waals surface area contributed by atoms with E-state index in [0.29, 0.717) is 27.9 Å². The van der Waals surface area contributed by atoms with Crippen molar-refractivity contribution >= 4 is 40.2 Å². The molecule has 0 bridgehead atoms. The smallest absolute Gasteiger partial charge is 0.306 e. The van der Waals surface area contributed by atoms with Crippen LogP contribution in [0.4, 0.5) is 29.3 Å². The van der Waals surface area contributed by atoms with Crippen molar-refractivity contribution in [3.63, 3.8) is 0 Å². The number of amidine groups is 1. The van der Waals surface area contributed by atoms with E-state index in [4.69, 9.17) is 0 Å². The molecule has 12 heteroatoms. The maximum Gasteiger partial charge on any atom is 0.416 e. The molecule has 0 spiro atoms. The van der Waals surface area contributed by atoms with Gasteiger partial charge in [0.05, 0.1) is 22.7 Å². The summed E-state index contributed by atoms with van der Waals surface area (Å²) in [5.41, 5.74) is 4.31. The normalized spacial score (nSPS) is 14.7. The number of nitrogens with zero attached hydrogens (tertiary/aromatic N) is 5. The van der Waals surface area contributed by atoms with Gasteiger partial charge in [-0.15, -0.1) is 5.10 Å². The molecule has 0 atom stereocenters. The van der Waals surface area contributed by atoms with Crippen LogP contribution < -0.4 is 10.2 Å². The van der Waals surface area contributed by atoms with Gasteiger partial charge in [0.25, 0.3) is 0 Å². The molecule has 4 aromatic rings. The molecule has 5 rings (SSSR count). The van der Waals surface area contributed by atoms with Crippen LogP contribution in [0.25, 0.3) is 17.1 Å². The van der Waals surface area contributed by atoms with Crippen LogP contribution in [0.1, 0.15) is 42.0 Å². The predicted molar refractivity (Wildman–Crippen MR) is 158 cm³/mol. The maximum atomic E-state index is 12.9. The molecule has 42 heavy (non-hydrogen) atoms. The fourth-order valence-corrected chi connectivity index (χ4v) is 5.37. The van der Waals surface area contributed by atoms with Gasteiger partial charge in [-0.3, -0.25) is 9.69 Å². The Kier molecular flexibility index (Phi) is 7.91. The molecule has 1 N–H and O–H groups in total. The molecule has 0 unspecified atom stereocenters. The average Bonchev–Trinajstić information content (AvgIpc) is 3.56. The number of aryl methyl sites for hydroxylation is 2. The first kappa shape index (κ1) is 29.1. The van der Waals surface area contributed by atoms with Gasteiger partial charge in [-0.2, -0.15) is 18.2 Å². The summed E-state index contributed by atoms with van der Waals surface area (Å²) in [5.74, 6) is 0.595. The number of benzene rings is 3. The van der Waals surface area contributed by atoms with E-state index in [-0.39, 0.29) is 17.6 Å². The second kappa shape index (κ2) is 11.4. The number of halogens is 3. The highest BCUT2D eigenvalue weighted by Gasteiger charge is 2.33. The standard InChI is InChI=1S/C30H27F3N6O2S/c1-17(2)23-11-5-18(3)13-25(23)39-26(40)15-42-29(39)36-28(41)35-24-12-6-20(14-19(24)4)27-34-16-38(37-27)22-9-7-21(8-10-22)30(31,32)33/h5-14,16-17H,15H2,1-4H3,(H,35,41)/b36-29-. The zero-order chi connectivity index (χ0) is 30.2. The Morgan fingerprint density at radius 3 is 2.45 bits per heavy atom. The first-order valence-corrected chi connectivity index (χ1v) is 14.1. The number of anilines is 2. The topological polar surface area (TPSA) is 92.5 Å². The minimum Gasteiger partial charge on any atom is -0.306 e. The summed E-state index contributed by atoms with van der Waals surface area (Å²) in [7, 11) is 0. The molecule has 0 aliphatic carbocycles. The van der Waals surface area contributed by atoms with Gasteiger partial charge in [0.15, 0.2) is 11.0 Å². The number of rotatable bonds is 5. The molecular weight excluding hydrogens is 565 g/mol. The van der Waals surface area contributed by atoms with Gasteiger partial charge in [-0.05, 0) is 85.0 Å². The number of thioether (sulfide) groups is 1. The van der Waals surface area contributed by atoms with Gasteiger partial charge in [0, 0.05) is 11.3 Å². The van der Waals surface area contributed by atoms with Crippen LogP contribution in [0.5, 0.6) is 0 Å². The van der Waals surface area contributed by atoms with Crippen LogP contribution >= 0.6 is 11.8 Å². The molecular formula is C30H27F3N6O2S. The molecule has 1 fully saturated rings. The Balaban J connectivity index is 1.33. The number of alkyl halides is 3. The van der Waals surface area contributed by atoms with Gasteiger partial charge in [0.2, 0.25) is 5.91 Å². The molecule has 1 aliphatic rings. The van der Waals surface area contributed by atoms with Crippen LogP contribution in [-0.4, -0.2) is 37.6 Å². The van der Waals surface area contributed by atoms with Crippen molar-refractivity contribution in [2.24, 2.45) is 4.99 Å². The number of carbonyl (C=O) groups is 2. The summed E-state index contributed by atoms with van der Waals surface area (Å²) >= 11 is 1.22. The summed E-state index contributed by atoms with van der Waals surface area (Å²) in [6.45, 7) is 7.85. The van der Waals surface area contributed by atoms with Crippen molar-refractivity contribution in [2.75, 3.05) is 16.0 Å². The number of aliphatic imine (C=N–C) groups is 1. The number of carbonyl (C=O) groups excluding carboxylic acids is 2. The van der Waals surface area contributed by atoms with Crippen molar-refractivity contribution in [1.29, 1.82) is 0 Å². The van der Waals surface area contributed by atoms with Crippen molar-refractivity contribution in [1.82, 2.24) is 14.8 Å². The zero-order valence-electron chi connectivity index (χ0n) is 23.2. The van der Waals surface area contributed by atoms with Crippen LogP contribution in [0.2, 0.25) is 0 Å². The lowest BCUT2D eigenvalue weighted by Crippen LogP contribution is -2.31. The average molecular weight is 593 g/mol. The van der Waals surface area contributed by atoms with E-state index in [9.17, 15) is 22.8 Å². The number of hydrogen-bond acceptors (Lipinski definition) is 5. The second-order valence-corrected chi connectivity index (χ2v) is 11.1. The Morgan fingerprint density at radius 1 is 1.05 bits per heavy atom. The quantitative estimate of drug-likeness (QED) is 0.261. The molecule has 1 aliphatic heterocycles. The molecule has 0 radical (unpaired) electrons. The summed E-state index contributed by atoms with van der Waals surface area (Å²) in [4.78, 5) is 35.8. The maximum absolute atomic E-state index is 12.9. The van der Waals surface area contributed by atoms with Crippen molar-refractivity contribution in [2.45, 2.75) is 39.8 Å². The Hall–Kier alpha value is -4.45. The Morgan fingerprint density at radius 2 is 1.79 bits per heavy atom. The lowest BCUT2D eigenvalue weighted by Gasteiger charge is -2.22.